The number of benzene rings is 2. The van der Waals surface area contributed by atoms with Gasteiger partial charge in [0.2, 0.25) is 0 Å². The largest absolute Gasteiger partial charge is 0.497 e. The SMILES string of the molecule is COc1ccc(-c2cc(C(=O)NCCCN3CCN(c4cccc(Cl)c4Cl)CC3)c(C)n2C)cc1. The van der Waals surface area contributed by atoms with Gasteiger partial charge in [-0.15, -0.1) is 0 Å². The normalized spacial score (nSPS) is 14.3. The molecular weight excluding hydrogens is 483 g/mol. The van der Waals surface area contributed by atoms with Crippen LogP contribution in [0.4, 0.5) is 5.69 Å². The monoisotopic (exact) mass is 514 g/mol. The lowest BCUT2D eigenvalue weighted by molar-refractivity contribution is 0.0950. The predicted octanol–water partition coefficient (Wildman–Crippen LogP) is 5.26. The van der Waals surface area contributed by atoms with E-state index in [1.165, 1.54) is 0 Å². The molecular formula is C27H32Cl2N4O2. The van der Waals surface area contributed by atoms with E-state index in [1.54, 1.807) is 7.11 Å². The van der Waals surface area contributed by atoms with Gasteiger partial charge in [-0.25, -0.2) is 0 Å². The zero-order chi connectivity index (χ0) is 24.9. The minimum atomic E-state index is -0.0294. The summed E-state index contributed by atoms with van der Waals surface area (Å²) in [6.45, 7) is 7.30. The van der Waals surface area contributed by atoms with Crippen LogP contribution < -0.4 is 15.0 Å². The molecule has 1 aliphatic rings. The van der Waals surface area contributed by atoms with Gasteiger partial charge in [-0.2, -0.15) is 0 Å². The molecule has 4 rings (SSSR count). The lowest BCUT2D eigenvalue weighted by Gasteiger charge is -2.36. The molecule has 1 fully saturated rings. The van der Waals surface area contributed by atoms with Crippen molar-refractivity contribution in [1.82, 2.24) is 14.8 Å². The average molecular weight is 515 g/mol. The van der Waals surface area contributed by atoms with E-state index in [-0.39, 0.29) is 5.91 Å². The number of piperazine rings is 1. The van der Waals surface area contributed by atoms with E-state index in [2.05, 4.69) is 19.7 Å². The quantitative estimate of drug-likeness (QED) is 0.416. The molecule has 186 valence electrons. The van der Waals surface area contributed by atoms with Gasteiger partial charge >= 0.3 is 0 Å². The zero-order valence-electron chi connectivity index (χ0n) is 20.5. The highest BCUT2D eigenvalue weighted by Gasteiger charge is 2.20. The van der Waals surface area contributed by atoms with Crippen LogP contribution in [-0.4, -0.2) is 61.8 Å². The third kappa shape index (κ3) is 5.77. The van der Waals surface area contributed by atoms with Crippen molar-refractivity contribution in [3.05, 3.63) is 69.8 Å². The van der Waals surface area contributed by atoms with E-state index < -0.39 is 0 Å². The van der Waals surface area contributed by atoms with Gasteiger partial charge in [-0.05, 0) is 67.9 Å². The molecule has 0 aliphatic carbocycles. The number of halogens is 2. The average Bonchev–Trinajstić information content (AvgIpc) is 3.18. The van der Waals surface area contributed by atoms with Crippen LogP contribution in [0.3, 0.4) is 0 Å². The summed E-state index contributed by atoms with van der Waals surface area (Å²) in [5, 5.41) is 4.31. The van der Waals surface area contributed by atoms with Crippen LogP contribution >= 0.6 is 23.2 Å². The van der Waals surface area contributed by atoms with Crippen molar-refractivity contribution in [3.8, 4) is 17.0 Å². The van der Waals surface area contributed by atoms with Crippen LogP contribution in [-0.2, 0) is 7.05 Å². The molecule has 6 nitrogen and oxygen atoms in total. The first kappa shape index (κ1) is 25.4. The van der Waals surface area contributed by atoms with Crippen LogP contribution in [0, 0.1) is 6.92 Å². The Bertz CT molecular complexity index is 1170. The van der Waals surface area contributed by atoms with Gasteiger partial charge in [0, 0.05) is 51.2 Å². The third-order valence-corrected chi connectivity index (χ3v) is 7.56. The minimum absolute atomic E-state index is 0.0294. The second-order valence-corrected chi connectivity index (χ2v) is 9.61. The Morgan fingerprint density at radius 2 is 1.77 bits per heavy atom. The summed E-state index contributed by atoms with van der Waals surface area (Å²) in [6.07, 6.45) is 0.904. The van der Waals surface area contributed by atoms with Gasteiger partial charge in [0.1, 0.15) is 5.75 Å². The van der Waals surface area contributed by atoms with Crippen molar-refractivity contribution < 1.29 is 9.53 Å². The van der Waals surface area contributed by atoms with E-state index in [1.807, 2.05) is 62.5 Å². The zero-order valence-corrected chi connectivity index (χ0v) is 22.0. The topological polar surface area (TPSA) is 49.7 Å². The number of aromatic nitrogens is 1. The van der Waals surface area contributed by atoms with Crippen molar-refractivity contribution in [3.63, 3.8) is 0 Å². The van der Waals surface area contributed by atoms with E-state index in [9.17, 15) is 4.79 Å². The second kappa shape index (κ2) is 11.4. The number of carbonyl (C=O) groups is 1. The predicted molar refractivity (Wildman–Crippen MR) is 144 cm³/mol. The number of nitrogens with one attached hydrogen (secondary N) is 1. The van der Waals surface area contributed by atoms with Crippen molar-refractivity contribution >= 4 is 34.8 Å². The molecule has 0 saturated carbocycles. The Labute approximate surface area is 217 Å². The Hall–Kier alpha value is -2.67. The molecule has 3 aromatic rings. The molecule has 35 heavy (non-hydrogen) atoms. The molecule has 1 amide bonds. The summed E-state index contributed by atoms with van der Waals surface area (Å²) in [5.41, 5.74) is 4.72. The molecule has 2 heterocycles. The molecule has 1 aromatic heterocycles. The standard InChI is InChI=1S/C27H32Cl2N4O2/c1-19-22(18-25(31(19)2)20-8-10-21(35-3)11-9-20)27(34)30-12-5-13-32-14-16-33(17-15-32)24-7-4-6-23(28)26(24)29/h4,6-11,18H,5,12-17H2,1-3H3,(H,30,34). The summed E-state index contributed by atoms with van der Waals surface area (Å²) in [7, 11) is 3.64. The summed E-state index contributed by atoms with van der Waals surface area (Å²) < 4.78 is 7.31. The fourth-order valence-corrected chi connectivity index (χ4v) is 4.93. The number of rotatable bonds is 8. The maximum Gasteiger partial charge on any atom is 0.253 e. The van der Waals surface area contributed by atoms with Crippen LogP contribution in [0.15, 0.2) is 48.5 Å². The van der Waals surface area contributed by atoms with Crippen LogP contribution in [0.5, 0.6) is 5.75 Å². The van der Waals surface area contributed by atoms with Crippen molar-refractivity contribution in [2.24, 2.45) is 7.05 Å². The highest BCUT2D eigenvalue weighted by Crippen LogP contribution is 2.33. The highest BCUT2D eigenvalue weighted by atomic mass is 35.5. The summed E-state index contributed by atoms with van der Waals surface area (Å²) >= 11 is 12.5. The molecule has 0 unspecified atom stereocenters. The van der Waals surface area contributed by atoms with Gasteiger partial charge in [0.25, 0.3) is 5.91 Å². The maximum atomic E-state index is 12.9. The lowest BCUT2D eigenvalue weighted by atomic mass is 10.1. The van der Waals surface area contributed by atoms with Gasteiger partial charge in [-0.1, -0.05) is 29.3 Å². The molecule has 0 radical (unpaired) electrons. The van der Waals surface area contributed by atoms with Crippen LogP contribution in [0.1, 0.15) is 22.5 Å². The van der Waals surface area contributed by atoms with Gasteiger partial charge < -0.3 is 19.5 Å². The number of nitrogens with zero attached hydrogens (tertiary/aromatic N) is 3. The number of anilines is 1. The smallest absolute Gasteiger partial charge is 0.253 e. The van der Waals surface area contributed by atoms with Gasteiger partial charge in [0.15, 0.2) is 0 Å². The molecule has 0 spiro atoms. The number of hydrogen-bond donors (Lipinski definition) is 1. The number of amides is 1. The molecule has 1 aliphatic heterocycles. The fraction of sp³-hybridized carbons (Fsp3) is 0.370. The Kier molecular flexibility index (Phi) is 8.26. The van der Waals surface area contributed by atoms with Crippen molar-refractivity contribution in [1.29, 1.82) is 0 Å². The molecule has 8 heteroatoms. The fourth-order valence-electron chi connectivity index (χ4n) is 4.52. The third-order valence-electron chi connectivity index (χ3n) is 6.75. The molecule has 0 atom stereocenters. The van der Waals surface area contributed by atoms with E-state index in [4.69, 9.17) is 27.9 Å². The minimum Gasteiger partial charge on any atom is -0.497 e. The maximum absolute atomic E-state index is 12.9. The summed E-state index contributed by atoms with van der Waals surface area (Å²) in [6, 6.07) is 15.6. The molecule has 2 aromatic carbocycles. The Morgan fingerprint density at radius 1 is 1.06 bits per heavy atom. The number of methoxy groups -OCH3 is 1. The second-order valence-electron chi connectivity index (χ2n) is 8.83. The number of carbonyl (C=O) groups excluding carboxylic acids is 1. The summed E-state index contributed by atoms with van der Waals surface area (Å²) in [4.78, 5) is 17.6. The molecule has 1 N–H and O–H groups in total. The van der Waals surface area contributed by atoms with Gasteiger partial charge in [-0.3, -0.25) is 9.69 Å². The summed E-state index contributed by atoms with van der Waals surface area (Å²) in [5.74, 6) is 0.783. The first-order valence-corrected chi connectivity index (χ1v) is 12.6. The lowest BCUT2D eigenvalue weighted by Crippen LogP contribution is -2.47. The first-order valence-electron chi connectivity index (χ1n) is 11.9. The van der Waals surface area contributed by atoms with Crippen LogP contribution in [0.2, 0.25) is 10.0 Å². The van der Waals surface area contributed by atoms with E-state index in [0.717, 1.165) is 67.5 Å². The Morgan fingerprint density at radius 3 is 2.46 bits per heavy atom. The van der Waals surface area contributed by atoms with Gasteiger partial charge in [0.05, 0.1) is 28.4 Å². The van der Waals surface area contributed by atoms with Crippen molar-refractivity contribution in [2.75, 3.05) is 51.3 Å². The van der Waals surface area contributed by atoms with Crippen LogP contribution in [0.25, 0.3) is 11.3 Å². The van der Waals surface area contributed by atoms with E-state index in [0.29, 0.717) is 22.2 Å². The highest BCUT2D eigenvalue weighted by molar-refractivity contribution is 6.43. The molecule has 0 bridgehead atoms. The van der Waals surface area contributed by atoms with Crippen molar-refractivity contribution in [2.45, 2.75) is 13.3 Å². The number of ether oxygens (including phenoxy) is 1. The first-order chi connectivity index (χ1) is 16.9. The molecule has 1 saturated heterocycles. The number of hydrogen-bond acceptors (Lipinski definition) is 4. The Balaban J connectivity index is 1.25. The van der Waals surface area contributed by atoms with E-state index >= 15 is 0 Å².